The molecule has 0 atom stereocenters. The molecule has 7 heteroatoms. The SMILES string of the molecule is O=C[C]1[CH][CH][CH][C]1C1OCCO1.[C-]#[O+].[C-]#[O+].[C-]#[O+].[Mn]. The van der Waals surface area contributed by atoms with Crippen LogP contribution in [0.1, 0.15) is 0 Å². The number of rotatable bonds is 2. The molecule has 6 radical (unpaired) electrons. The zero-order valence-electron chi connectivity index (χ0n) is 9.63. The van der Waals surface area contributed by atoms with Crippen molar-refractivity contribution in [2.45, 2.75) is 6.29 Å². The summed E-state index contributed by atoms with van der Waals surface area (Å²) in [6.07, 6.45) is 5.91. The quantitative estimate of drug-likeness (QED) is 0.316. The van der Waals surface area contributed by atoms with Gasteiger partial charge in [-0.3, -0.25) is 0 Å². The van der Waals surface area contributed by atoms with Gasteiger partial charge < -0.3 is 14.3 Å². The maximum absolute atomic E-state index is 10.5. The normalized spacial score (nSPS) is 18.2. The molecule has 19 heavy (non-hydrogen) atoms. The van der Waals surface area contributed by atoms with E-state index in [9.17, 15) is 4.79 Å². The first-order chi connectivity index (χ1) is 8.92. The van der Waals surface area contributed by atoms with Crippen LogP contribution in [0.15, 0.2) is 0 Å². The van der Waals surface area contributed by atoms with Gasteiger partial charge in [-0.25, -0.2) is 0 Å². The number of aldehydes is 1. The van der Waals surface area contributed by atoms with Gasteiger partial charge in [0.05, 0.1) is 25.0 Å². The van der Waals surface area contributed by atoms with E-state index in [1.807, 2.05) is 12.8 Å². The van der Waals surface area contributed by atoms with Crippen LogP contribution < -0.4 is 0 Å². The van der Waals surface area contributed by atoms with Crippen LogP contribution >= 0.6 is 0 Å². The van der Waals surface area contributed by atoms with Crippen molar-refractivity contribution in [1.82, 2.24) is 0 Å². The molecule has 1 heterocycles. The third-order valence-electron chi connectivity index (χ3n) is 1.89. The van der Waals surface area contributed by atoms with Crippen molar-refractivity contribution in [2.24, 2.45) is 0 Å². The Morgan fingerprint density at radius 1 is 1.05 bits per heavy atom. The number of carbonyl (C=O) groups is 1. The van der Waals surface area contributed by atoms with Crippen molar-refractivity contribution in [3.05, 3.63) is 51.0 Å². The average Bonchev–Trinajstić information content (AvgIpc) is 3.15. The molecule has 0 aromatic heterocycles. The first-order valence-electron chi connectivity index (χ1n) is 4.47. The van der Waals surface area contributed by atoms with Crippen LogP contribution in [0.2, 0.25) is 0 Å². The zero-order chi connectivity index (χ0) is 14.4. The molecule has 1 saturated carbocycles. The number of ether oxygens (including phenoxy) is 2. The summed E-state index contributed by atoms with van der Waals surface area (Å²) in [6.45, 7) is 14.7. The van der Waals surface area contributed by atoms with Crippen molar-refractivity contribution in [3.63, 3.8) is 0 Å². The third kappa shape index (κ3) is 8.17. The van der Waals surface area contributed by atoms with Crippen LogP contribution in [0.3, 0.4) is 0 Å². The minimum atomic E-state index is -0.333. The van der Waals surface area contributed by atoms with Crippen molar-refractivity contribution in [3.8, 4) is 0 Å². The maximum atomic E-state index is 10.5. The molecule has 100 valence electrons. The Balaban J connectivity index is -0.000000325. The molecule has 0 aromatic rings. The van der Waals surface area contributed by atoms with Crippen LogP contribution in [0.4, 0.5) is 0 Å². The average molecular weight is 304 g/mol. The van der Waals surface area contributed by atoms with Crippen molar-refractivity contribution in [1.29, 1.82) is 0 Å². The van der Waals surface area contributed by atoms with Gasteiger partial charge in [0, 0.05) is 17.1 Å². The Bertz CT molecular complexity index is 255. The predicted molar refractivity (Wildman–Crippen MR) is 52.9 cm³/mol. The van der Waals surface area contributed by atoms with Gasteiger partial charge in [-0.1, -0.05) is 0 Å². The number of hydrogen-bond donors (Lipinski definition) is 0. The molecule has 0 amide bonds. The fourth-order valence-electron chi connectivity index (χ4n) is 1.31. The van der Waals surface area contributed by atoms with Gasteiger partial charge in [-0.2, -0.15) is 0 Å². The van der Waals surface area contributed by atoms with Gasteiger partial charge >= 0.3 is 33.9 Å². The summed E-state index contributed by atoms with van der Waals surface area (Å²) in [4.78, 5) is 10.5. The molecule has 2 fully saturated rings. The molecule has 6 nitrogen and oxygen atoms in total. The van der Waals surface area contributed by atoms with Crippen LogP contribution in [0, 0.1) is 51.0 Å². The molecule has 0 aromatic carbocycles. The van der Waals surface area contributed by atoms with E-state index in [0.29, 0.717) is 19.1 Å². The minimum Gasteiger partial charge on any atom is 0 e. The van der Waals surface area contributed by atoms with E-state index in [4.69, 9.17) is 23.4 Å². The second kappa shape index (κ2) is 17.3. The molecular formula is C12H9MnO6. The molecule has 1 saturated heterocycles. The van der Waals surface area contributed by atoms with Crippen LogP contribution in [-0.4, -0.2) is 25.8 Å². The van der Waals surface area contributed by atoms with E-state index in [2.05, 4.69) is 20.0 Å². The fraction of sp³-hybridized carbons (Fsp3) is 0.250. The maximum Gasteiger partial charge on any atom is 0 e. The summed E-state index contributed by atoms with van der Waals surface area (Å²) in [5.41, 5.74) is 0. The van der Waals surface area contributed by atoms with Gasteiger partial charge in [-0.05, 0) is 19.3 Å². The predicted octanol–water partition coefficient (Wildman–Crippen LogP) is 0.219. The Morgan fingerprint density at radius 2 is 1.53 bits per heavy atom. The van der Waals surface area contributed by atoms with Gasteiger partial charge in [0.25, 0.3) is 0 Å². The summed E-state index contributed by atoms with van der Waals surface area (Å²) >= 11 is 0. The Labute approximate surface area is 122 Å². The monoisotopic (exact) mass is 304 g/mol. The number of carbonyl (C=O) groups excluding carboxylic acids is 1. The minimum absolute atomic E-state index is 0. The largest absolute Gasteiger partial charge is 0 e. The second-order valence-electron chi connectivity index (χ2n) is 2.63. The van der Waals surface area contributed by atoms with E-state index in [1.54, 1.807) is 6.42 Å². The van der Waals surface area contributed by atoms with E-state index in [1.165, 1.54) is 0 Å². The van der Waals surface area contributed by atoms with E-state index in [0.717, 1.165) is 12.2 Å². The molecule has 0 unspecified atom stereocenters. The topological polar surface area (TPSA) is 95.2 Å². The van der Waals surface area contributed by atoms with Crippen molar-refractivity contribution in [2.75, 3.05) is 13.2 Å². The third-order valence-corrected chi connectivity index (χ3v) is 1.89. The van der Waals surface area contributed by atoms with E-state index >= 15 is 0 Å². The first kappa shape index (κ1) is 23.4. The van der Waals surface area contributed by atoms with Crippen molar-refractivity contribution >= 4 is 6.29 Å². The van der Waals surface area contributed by atoms with Gasteiger partial charge in [-0.15, -0.1) is 0 Å². The molecule has 0 spiro atoms. The summed E-state index contributed by atoms with van der Waals surface area (Å²) < 4.78 is 33.0. The summed E-state index contributed by atoms with van der Waals surface area (Å²) in [6, 6.07) is 0. The smallest absolute Gasteiger partial charge is 0 e. The first-order valence-corrected chi connectivity index (χ1v) is 4.47. The Kier molecular flexibility index (Phi) is 21.4. The Morgan fingerprint density at radius 3 is 1.95 bits per heavy atom. The number of hydrogen-bond acceptors (Lipinski definition) is 3. The Hall–Kier alpha value is -0.671. The zero-order valence-corrected chi connectivity index (χ0v) is 10.8. The molecule has 2 rings (SSSR count). The molecule has 1 aliphatic carbocycles. The fourth-order valence-corrected chi connectivity index (χ4v) is 1.31. The van der Waals surface area contributed by atoms with Gasteiger partial charge in [0.15, 0.2) is 6.29 Å². The second-order valence-corrected chi connectivity index (χ2v) is 2.63. The molecule has 1 aliphatic heterocycles. The summed E-state index contributed by atoms with van der Waals surface area (Å²) in [7, 11) is 0. The van der Waals surface area contributed by atoms with Gasteiger partial charge in [0.2, 0.25) is 0 Å². The van der Waals surface area contributed by atoms with Crippen LogP contribution in [0.5, 0.6) is 0 Å². The van der Waals surface area contributed by atoms with Gasteiger partial charge in [0.1, 0.15) is 6.29 Å². The van der Waals surface area contributed by atoms with Crippen molar-refractivity contribution < 1.29 is 45.3 Å². The van der Waals surface area contributed by atoms with E-state index < -0.39 is 0 Å². The standard InChI is InChI=1S/C9H9O3.3CO.Mn/c10-6-7-2-1-3-8(7)9-11-4-5-12-9;3*1-2;/h1-3,6,9H,4-5H2;;;;. The molecule has 0 N–H and O–H groups in total. The molecular weight excluding hydrogens is 295 g/mol. The summed E-state index contributed by atoms with van der Waals surface area (Å²) in [5.74, 6) is 1.49. The van der Waals surface area contributed by atoms with Crippen LogP contribution in [0.25, 0.3) is 0 Å². The van der Waals surface area contributed by atoms with E-state index in [-0.39, 0.29) is 23.4 Å². The van der Waals surface area contributed by atoms with Crippen LogP contribution in [-0.2, 0) is 45.3 Å². The molecule has 2 aliphatic rings. The molecule has 0 bridgehead atoms. The summed E-state index contributed by atoms with van der Waals surface area (Å²) in [5, 5.41) is 0.